The number of halogens is 2. The van der Waals surface area contributed by atoms with Gasteiger partial charge in [0.1, 0.15) is 5.82 Å². The monoisotopic (exact) mass is 398 g/mol. The van der Waals surface area contributed by atoms with E-state index in [1.807, 2.05) is 17.6 Å². The third-order valence-corrected chi connectivity index (χ3v) is 5.76. The van der Waals surface area contributed by atoms with Gasteiger partial charge in [-0.25, -0.2) is 4.39 Å². The Balaban J connectivity index is 1.94. The standard InChI is InChI=1S/C17H16ClFN2O2S2/c1-2-23-8-7-21-13-5-3-11(19)9-14(13)25-17(21)20-16(22)10-12-4-6-15(18)24-12/h3-6,9H,2,7-8,10H2,1H3. The summed E-state index contributed by atoms with van der Waals surface area (Å²) in [4.78, 5) is 18.0. The highest BCUT2D eigenvalue weighted by Gasteiger charge is 2.10. The number of benzene rings is 1. The van der Waals surface area contributed by atoms with Crippen LogP contribution in [0.2, 0.25) is 4.34 Å². The number of hydrogen-bond acceptors (Lipinski definition) is 4. The van der Waals surface area contributed by atoms with Crippen molar-refractivity contribution in [1.82, 2.24) is 4.57 Å². The molecule has 3 rings (SSSR count). The molecule has 0 atom stereocenters. The first-order valence-corrected chi connectivity index (χ1v) is 9.76. The minimum atomic E-state index is -0.309. The molecule has 0 fully saturated rings. The maximum absolute atomic E-state index is 13.5. The van der Waals surface area contributed by atoms with Gasteiger partial charge in [0.15, 0.2) is 4.80 Å². The van der Waals surface area contributed by atoms with Crippen molar-refractivity contribution in [3.05, 3.63) is 50.2 Å². The van der Waals surface area contributed by atoms with Crippen LogP contribution in [0.4, 0.5) is 4.39 Å². The van der Waals surface area contributed by atoms with Gasteiger partial charge in [-0.3, -0.25) is 4.79 Å². The van der Waals surface area contributed by atoms with Crippen molar-refractivity contribution in [3.63, 3.8) is 0 Å². The van der Waals surface area contributed by atoms with Gasteiger partial charge in [0, 0.05) is 18.0 Å². The number of amides is 1. The molecular formula is C17H16ClFN2O2S2. The number of thiazole rings is 1. The van der Waals surface area contributed by atoms with Crippen LogP contribution in [0.5, 0.6) is 0 Å². The van der Waals surface area contributed by atoms with E-state index < -0.39 is 0 Å². The van der Waals surface area contributed by atoms with Crippen LogP contribution in [0.3, 0.4) is 0 Å². The highest BCUT2D eigenvalue weighted by molar-refractivity contribution is 7.16. The number of ether oxygens (including phenoxy) is 1. The lowest BCUT2D eigenvalue weighted by atomic mass is 10.3. The second-order valence-corrected chi connectivity index (χ2v) is 8.04. The van der Waals surface area contributed by atoms with E-state index in [-0.39, 0.29) is 18.1 Å². The molecule has 0 unspecified atom stereocenters. The zero-order valence-electron chi connectivity index (χ0n) is 13.5. The van der Waals surface area contributed by atoms with Crippen LogP contribution in [0, 0.1) is 5.82 Å². The topological polar surface area (TPSA) is 43.6 Å². The summed E-state index contributed by atoms with van der Waals surface area (Å²) in [7, 11) is 0. The van der Waals surface area contributed by atoms with Gasteiger partial charge in [0.2, 0.25) is 0 Å². The van der Waals surface area contributed by atoms with Gasteiger partial charge in [0.25, 0.3) is 5.91 Å². The van der Waals surface area contributed by atoms with Crippen LogP contribution < -0.4 is 4.80 Å². The van der Waals surface area contributed by atoms with Crippen LogP contribution in [0.1, 0.15) is 11.8 Å². The quantitative estimate of drug-likeness (QED) is 0.582. The van der Waals surface area contributed by atoms with Crippen LogP contribution >= 0.6 is 34.3 Å². The second kappa shape index (κ2) is 8.23. The maximum Gasteiger partial charge on any atom is 0.253 e. The Labute approximate surface area is 157 Å². The van der Waals surface area contributed by atoms with Crippen LogP contribution in [-0.2, 0) is 22.5 Å². The highest BCUT2D eigenvalue weighted by Crippen LogP contribution is 2.22. The number of rotatable bonds is 6. The Morgan fingerprint density at radius 2 is 2.16 bits per heavy atom. The van der Waals surface area contributed by atoms with E-state index >= 15 is 0 Å². The van der Waals surface area contributed by atoms with Crippen molar-refractivity contribution < 1.29 is 13.9 Å². The molecule has 0 N–H and O–H groups in total. The third-order valence-electron chi connectivity index (χ3n) is 3.48. The molecule has 1 aromatic carbocycles. The number of carbonyl (C=O) groups excluding carboxylic acids is 1. The number of fused-ring (bicyclic) bond motifs is 1. The summed E-state index contributed by atoms with van der Waals surface area (Å²) in [6.45, 7) is 3.59. The zero-order chi connectivity index (χ0) is 17.8. The molecule has 25 heavy (non-hydrogen) atoms. The van der Waals surface area contributed by atoms with Crippen LogP contribution in [0.15, 0.2) is 35.3 Å². The normalized spacial score (nSPS) is 12.2. The summed E-state index contributed by atoms with van der Waals surface area (Å²) in [5, 5.41) is 0. The second-order valence-electron chi connectivity index (χ2n) is 5.23. The van der Waals surface area contributed by atoms with Gasteiger partial charge in [0.05, 0.1) is 27.6 Å². The fraction of sp³-hybridized carbons (Fsp3) is 0.294. The van der Waals surface area contributed by atoms with Crippen molar-refractivity contribution in [2.75, 3.05) is 13.2 Å². The Morgan fingerprint density at radius 1 is 1.32 bits per heavy atom. The zero-order valence-corrected chi connectivity index (χ0v) is 15.9. The molecule has 0 bridgehead atoms. The van der Waals surface area contributed by atoms with E-state index in [2.05, 4.69) is 4.99 Å². The van der Waals surface area contributed by atoms with Gasteiger partial charge >= 0.3 is 0 Å². The molecule has 0 spiro atoms. The molecule has 8 heteroatoms. The predicted molar refractivity (Wildman–Crippen MR) is 99.9 cm³/mol. The SMILES string of the molecule is CCOCCn1c(=NC(=O)Cc2ccc(Cl)s2)sc2cc(F)ccc21. The van der Waals surface area contributed by atoms with Crippen molar-refractivity contribution in [1.29, 1.82) is 0 Å². The lowest BCUT2D eigenvalue weighted by Crippen LogP contribution is -2.20. The van der Waals surface area contributed by atoms with Crippen molar-refractivity contribution in [2.24, 2.45) is 4.99 Å². The molecule has 0 saturated carbocycles. The minimum Gasteiger partial charge on any atom is -0.380 e. The third kappa shape index (κ3) is 4.55. The molecule has 2 heterocycles. The Bertz CT molecular complexity index is 961. The van der Waals surface area contributed by atoms with E-state index in [0.717, 1.165) is 15.1 Å². The summed E-state index contributed by atoms with van der Waals surface area (Å²) in [6, 6.07) is 8.16. The van der Waals surface area contributed by atoms with E-state index in [1.54, 1.807) is 12.1 Å². The first kappa shape index (κ1) is 18.3. The smallest absolute Gasteiger partial charge is 0.253 e. The molecule has 0 aliphatic rings. The van der Waals surface area contributed by atoms with Crippen molar-refractivity contribution in [2.45, 2.75) is 19.9 Å². The summed E-state index contributed by atoms with van der Waals surface area (Å²) >= 11 is 8.56. The predicted octanol–water partition coefficient (Wildman–Crippen LogP) is 4.26. The average molecular weight is 399 g/mol. The molecule has 1 amide bonds. The van der Waals surface area contributed by atoms with E-state index in [4.69, 9.17) is 16.3 Å². The van der Waals surface area contributed by atoms with Gasteiger partial charge in [-0.1, -0.05) is 22.9 Å². The molecule has 4 nitrogen and oxygen atoms in total. The van der Waals surface area contributed by atoms with E-state index in [1.165, 1.54) is 34.8 Å². The minimum absolute atomic E-state index is 0.200. The molecular weight excluding hydrogens is 383 g/mol. The first-order chi connectivity index (χ1) is 12.1. The first-order valence-electron chi connectivity index (χ1n) is 7.75. The Kier molecular flexibility index (Phi) is 6.01. The van der Waals surface area contributed by atoms with Gasteiger partial charge in [-0.15, -0.1) is 11.3 Å². The molecule has 0 saturated heterocycles. The molecule has 0 aliphatic heterocycles. The maximum atomic E-state index is 13.5. The summed E-state index contributed by atoms with van der Waals surface area (Å²) < 4.78 is 22.2. The number of aromatic nitrogens is 1. The van der Waals surface area contributed by atoms with E-state index in [9.17, 15) is 9.18 Å². The Hall–Kier alpha value is -1.54. The largest absolute Gasteiger partial charge is 0.380 e. The number of nitrogens with zero attached hydrogens (tertiary/aromatic N) is 2. The summed E-state index contributed by atoms with van der Waals surface area (Å²) in [5.74, 6) is -0.562. The van der Waals surface area contributed by atoms with Crippen LogP contribution in [0.25, 0.3) is 10.2 Å². The lowest BCUT2D eigenvalue weighted by Gasteiger charge is -2.05. The summed E-state index contributed by atoms with van der Waals surface area (Å²) in [6.07, 6.45) is 0.200. The fourth-order valence-electron chi connectivity index (χ4n) is 2.39. The molecule has 0 radical (unpaired) electrons. The van der Waals surface area contributed by atoms with Gasteiger partial charge in [-0.05, 0) is 37.3 Å². The highest BCUT2D eigenvalue weighted by atomic mass is 35.5. The van der Waals surface area contributed by atoms with Gasteiger partial charge < -0.3 is 9.30 Å². The van der Waals surface area contributed by atoms with Crippen molar-refractivity contribution in [3.8, 4) is 0 Å². The molecule has 3 aromatic rings. The van der Waals surface area contributed by atoms with Gasteiger partial charge in [-0.2, -0.15) is 4.99 Å². The summed E-state index contributed by atoms with van der Waals surface area (Å²) in [5.41, 5.74) is 0.844. The molecule has 2 aromatic heterocycles. The Morgan fingerprint density at radius 3 is 2.88 bits per heavy atom. The average Bonchev–Trinajstić information content (AvgIpc) is 3.11. The van der Waals surface area contributed by atoms with Crippen LogP contribution in [-0.4, -0.2) is 23.7 Å². The fourth-order valence-corrected chi connectivity index (χ4v) is 4.57. The number of hydrogen-bond donors (Lipinski definition) is 0. The number of carbonyl (C=O) groups is 1. The molecule has 132 valence electrons. The lowest BCUT2D eigenvalue weighted by molar-refractivity contribution is -0.117. The number of thiophene rings is 1. The molecule has 0 aliphatic carbocycles. The van der Waals surface area contributed by atoms with Crippen molar-refractivity contribution >= 4 is 50.4 Å². The van der Waals surface area contributed by atoms with E-state index in [0.29, 0.717) is 28.9 Å².